The first-order valence-corrected chi connectivity index (χ1v) is 6.11. The maximum atomic E-state index is 10.2. The van der Waals surface area contributed by atoms with Crippen LogP contribution < -0.4 is 0 Å². The normalized spacial score (nSPS) is 23.6. The van der Waals surface area contributed by atoms with Gasteiger partial charge >= 0.3 is 0 Å². The zero-order chi connectivity index (χ0) is 11.5. The molecule has 0 amide bonds. The molecule has 2 unspecified atom stereocenters. The molecule has 2 rings (SSSR count). The van der Waals surface area contributed by atoms with E-state index in [4.69, 9.17) is 0 Å². The third-order valence-electron chi connectivity index (χ3n) is 3.59. The molecule has 1 N–H and O–H groups in total. The van der Waals surface area contributed by atoms with Crippen LogP contribution in [0.4, 0.5) is 0 Å². The van der Waals surface area contributed by atoms with Crippen LogP contribution in [0.25, 0.3) is 0 Å². The van der Waals surface area contributed by atoms with Gasteiger partial charge in [0.05, 0.1) is 6.10 Å². The van der Waals surface area contributed by atoms with Crippen molar-refractivity contribution in [2.24, 2.45) is 0 Å². The Morgan fingerprint density at radius 3 is 2.94 bits per heavy atom. The van der Waals surface area contributed by atoms with Gasteiger partial charge in [-0.25, -0.2) is 0 Å². The Bertz CT molecular complexity index is 350. The van der Waals surface area contributed by atoms with Crippen LogP contribution in [-0.4, -0.2) is 29.6 Å². The van der Waals surface area contributed by atoms with Crippen molar-refractivity contribution in [3.63, 3.8) is 0 Å². The van der Waals surface area contributed by atoms with Crippen LogP contribution in [0.15, 0.2) is 24.3 Å². The summed E-state index contributed by atoms with van der Waals surface area (Å²) in [5.41, 5.74) is 2.27. The minimum absolute atomic E-state index is 0.314. The van der Waals surface area contributed by atoms with Crippen molar-refractivity contribution >= 4 is 0 Å². The van der Waals surface area contributed by atoms with Gasteiger partial charge in [0.1, 0.15) is 0 Å². The van der Waals surface area contributed by atoms with E-state index in [2.05, 4.69) is 31.0 Å². The number of likely N-dealkylation sites (tertiary alicyclic amines) is 1. The summed E-state index contributed by atoms with van der Waals surface area (Å²) in [6, 6.07) is 8.74. The first-order chi connectivity index (χ1) is 7.66. The SMILES string of the molecule is Cc1cccc(C(O)CC2CCCN2C)c1. The zero-order valence-electron chi connectivity index (χ0n) is 10.2. The van der Waals surface area contributed by atoms with E-state index >= 15 is 0 Å². The van der Waals surface area contributed by atoms with Crippen LogP contribution in [-0.2, 0) is 0 Å². The van der Waals surface area contributed by atoms with Crippen LogP contribution in [0.3, 0.4) is 0 Å². The van der Waals surface area contributed by atoms with Crippen molar-refractivity contribution < 1.29 is 5.11 Å². The number of nitrogens with zero attached hydrogens (tertiary/aromatic N) is 1. The van der Waals surface area contributed by atoms with Crippen molar-refractivity contribution in [3.05, 3.63) is 35.4 Å². The highest BCUT2D eigenvalue weighted by molar-refractivity contribution is 5.24. The maximum Gasteiger partial charge on any atom is 0.0805 e. The lowest BCUT2D eigenvalue weighted by Crippen LogP contribution is -2.26. The van der Waals surface area contributed by atoms with Crippen LogP contribution in [0.1, 0.15) is 36.5 Å². The smallest absolute Gasteiger partial charge is 0.0805 e. The van der Waals surface area contributed by atoms with E-state index in [-0.39, 0.29) is 6.10 Å². The van der Waals surface area contributed by atoms with Gasteiger partial charge in [0.25, 0.3) is 0 Å². The molecular formula is C14H21NO. The molecule has 1 heterocycles. The lowest BCUT2D eigenvalue weighted by molar-refractivity contribution is 0.130. The van der Waals surface area contributed by atoms with Crippen molar-refractivity contribution in [2.45, 2.75) is 38.3 Å². The third-order valence-corrected chi connectivity index (χ3v) is 3.59. The molecule has 1 fully saturated rings. The summed E-state index contributed by atoms with van der Waals surface area (Å²) >= 11 is 0. The molecule has 1 aromatic rings. The Morgan fingerprint density at radius 1 is 1.50 bits per heavy atom. The topological polar surface area (TPSA) is 23.5 Å². The average molecular weight is 219 g/mol. The van der Waals surface area contributed by atoms with Gasteiger partial charge < -0.3 is 10.0 Å². The molecule has 88 valence electrons. The van der Waals surface area contributed by atoms with Crippen LogP contribution in [0.2, 0.25) is 0 Å². The van der Waals surface area contributed by atoms with Crippen molar-refractivity contribution in [2.75, 3.05) is 13.6 Å². The number of rotatable bonds is 3. The summed E-state index contributed by atoms with van der Waals surface area (Å²) in [5.74, 6) is 0. The zero-order valence-corrected chi connectivity index (χ0v) is 10.2. The minimum Gasteiger partial charge on any atom is -0.388 e. The lowest BCUT2D eigenvalue weighted by atomic mass is 9.99. The average Bonchev–Trinajstić information content (AvgIpc) is 2.64. The van der Waals surface area contributed by atoms with E-state index in [1.807, 2.05) is 12.1 Å². The lowest BCUT2D eigenvalue weighted by Gasteiger charge is -2.22. The second-order valence-electron chi connectivity index (χ2n) is 4.94. The number of aliphatic hydroxyl groups excluding tert-OH is 1. The molecule has 0 aromatic heterocycles. The highest BCUT2D eigenvalue weighted by Crippen LogP contribution is 2.26. The van der Waals surface area contributed by atoms with E-state index < -0.39 is 0 Å². The largest absolute Gasteiger partial charge is 0.388 e. The van der Waals surface area contributed by atoms with Crippen molar-refractivity contribution in [1.82, 2.24) is 4.90 Å². The molecule has 2 atom stereocenters. The van der Waals surface area contributed by atoms with Crippen LogP contribution in [0, 0.1) is 6.92 Å². The fraction of sp³-hybridized carbons (Fsp3) is 0.571. The quantitative estimate of drug-likeness (QED) is 0.844. The summed E-state index contributed by atoms with van der Waals surface area (Å²) in [6.45, 7) is 3.24. The van der Waals surface area contributed by atoms with E-state index in [9.17, 15) is 5.11 Å². The molecule has 2 heteroatoms. The van der Waals surface area contributed by atoms with Gasteiger partial charge in [0.15, 0.2) is 0 Å². The van der Waals surface area contributed by atoms with E-state index in [1.54, 1.807) is 0 Å². The monoisotopic (exact) mass is 219 g/mol. The Balaban J connectivity index is 1.99. The summed E-state index contributed by atoms with van der Waals surface area (Å²) in [7, 11) is 2.15. The summed E-state index contributed by atoms with van der Waals surface area (Å²) in [6.07, 6.45) is 3.03. The van der Waals surface area contributed by atoms with Crippen LogP contribution in [0.5, 0.6) is 0 Å². The Kier molecular flexibility index (Phi) is 3.62. The van der Waals surface area contributed by atoms with E-state index in [0.717, 1.165) is 12.0 Å². The Hall–Kier alpha value is -0.860. The molecular weight excluding hydrogens is 198 g/mol. The second kappa shape index (κ2) is 4.98. The van der Waals surface area contributed by atoms with Gasteiger partial charge in [-0.05, 0) is 45.3 Å². The Morgan fingerprint density at radius 2 is 2.31 bits per heavy atom. The standard InChI is InChI=1S/C14H21NO/c1-11-5-3-6-12(9-11)14(16)10-13-7-4-8-15(13)2/h3,5-6,9,13-14,16H,4,7-8,10H2,1-2H3. The highest BCUT2D eigenvalue weighted by atomic mass is 16.3. The molecule has 1 aliphatic heterocycles. The van der Waals surface area contributed by atoms with Gasteiger partial charge in [-0.2, -0.15) is 0 Å². The number of aliphatic hydroxyl groups is 1. The predicted octanol–water partition coefficient (Wildman–Crippen LogP) is 2.51. The predicted molar refractivity (Wildman–Crippen MR) is 66.4 cm³/mol. The summed E-state index contributed by atoms with van der Waals surface area (Å²) in [5, 5.41) is 10.2. The summed E-state index contributed by atoms with van der Waals surface area (Å²) < 4.78 is 0. The van der Waals surface area contributed by atoms with Gasteiger partial charge in [0, 0.05) is 6.04 Å². The molecule has 2 nitrogen and oxygen atoms in total. The molecule has 1 saturated heterocycles. The van der Waals surface area contributed by atoms with Gasteiger partial charge in [-0.1, -0.05) is 29.8 Å². The van der Waals surface area contributed by atoms with Crippen LogP contribution >= 0.6 is 0 Å². The molecule has 0 spiro atoms. The molecule has 0 radical (unpaired) electrons. The van der Waals surface area contributed by atoms with Gasteiger partial charge in [-0.15, -0.1) is 0 Å². The maximum absolute atomic E-state index is 10.2. The Labute approximate surface area is 97.9 Å². The molecule has 1 aromatic carbocycles. The van der Waals surface area contributed by atoms with Gasteiger partial charge in [-0.3, -0.25) is 0 Å². The highest BCUT2D eigenvalue weighted by Gasteiger charge is 2.24. The number of hydrogen-bond acceptors (Lipinski definition) is 2. The van der Waals surface area contributed by atoms with E-state index in [0.29, 0.717) is 6.04 Å². The number of hydrogen-bond donors (Lipinski definition) is 1. The molecule has 0 aliphatic carbocycles. The summed E-state index contributed by atoms with van der Waals surface area (Å²) in [4.78, 5) is 2.36. The number of benzene rings is 1. The first-order valence-electron chi connectivity index (χ1n) is 6.11. The molecule has 1 aliphatic rings. The molecule has 0 saturated carbocycles. The van der Waals surface area contributed by atoms with Crippen molar-refractivity contribution in [3.8, 4) is 0 Å². The molecule has 0 bridgehead atoms. The third kappa shape index (κ3) is 2.63. The number of aryl methyl sites for hydroxylation is 1. The van der Waals surface area contributed by atoms with Crippen molar-refractivity contribution in [1.29, 1.82) is 0 Å². The van der Waals surface area contributed by atoms with E-state index in [1.165, 1.54) is 24.9 Å². The molecule has 16 heavy (non-hydrogen) atoms. The first kappa shape index (κ1) is 11.6. The second-order valence-corrected chi connectivity index (χ2v) is 4.94. The van der Waals surface area contributed by atoms with Gasteiger partial charge in [0.2, 0.25) is 0 Å². The minimum atomic E-state index is -0.314. The fourth-order valence-corrected chi connectivity index (χ4v) is 2.55. The fourth-order valence-electron chi connectivity index (χ4n) is 2.55.